The minimum atomic E-state index is -0.170. The van der Waals surface area contributed by atoms with E-state index in [0.29, 0.717) is 17.3 Å². The van der Waals surface area contributed by atoms with Crippen molar-refractivity contribution < 1.29 is 9.53 Å². The molecule has 0 radical (unpaired) electrons. The van der Waals surface area contributed by atoms with Gasteiger partial charge < -0.3 is 20.7 Å². The van der Waals surface area contributed by atoms with Crippen LogP contribution in [0.15, 0.2) is 0 Å². The number of ether oxygens (including phenoxy) is 1. The number of thiazole rings is 1. The third kappa shape index (κ3) is 5.17. The van der Waals surface area contributed by atoms with E-state index in [9.17, 15) is 4.79 Å². The molecule has 21 heavy (non-hydrogen) atoms. The maximum absolute atomic E-state index is 12.3. The van der Waals surface area contributed by atoms with E-state index in [-0.39, 0.29) is 11.9 Å². The monoisotopic (exact) mass is 314 g/mol. The number of nitrogens with one attached hydrogen (secondary N) is 1. The summed E-state index contributed by atoms with van der Waals surface area (Å²) in [6.07, 6.45) is 2.88. The molecule has 1 amide bonds. The van der Waals surface area contributed by atoms with Gasteiger partial charge in [0.2, 0.25) is 0 Å². The number of aromatic nitrogens is 1. The molecule has 0 spiro atoms. The maximum Gasteiger partial charge on any atom is 0.265 e. The normalized spacial score (nSPS) is 12.2. The number of anilines is 2. The van der Waals surface area contributed by atoms with Gasteiger partial charge in [-0.3, -0.25) is 4.79 Å². The van der Waals surface area contributed by atoms with Crippen LogP contribution in [0.2, 0.25) is 0 Å². The van der Waals surface area contributed by atoms with Gasteiger partial charge in [0, 0.05) is 20.7 Å². The summed E-state index contributed by atoms with van der Waals surface area (Å²) in [6.45, 7) is 5.56. The van der Waals surface area contributed by atoms with Crippen LogP contribution < -0.4 is 16.0 Å². The highest BCUT2D eigenvalue weighted by atomic mass is 32.1. The SMILES string of the molecule is CCCC(COC)NC(=O)c1sc(N(C)CCC)nc1N. The Morgan fingerprint density at radius 2 is 2.19 bits per heavy atom. The Kier molecular flexibility index (Phi) is 7.45. The number of rotatable bonds is 9. The smallest absolute Gasteiger partial charge is 0.265 e. The molecule has 0 saturated heterocycles. The fraction of sp³-hybridized carbons (Fsp3) is 0.714. The van der Waals surface area contributed by atoms with Gasteiger partial charge in [-0.1, -0.05) is 31.6 Å². The van der Waals surface area contributed by atoms with E-state index in [1.165, 1.54) is 11.3 Å². The van der Waals surface area contributed by atoms with Crippen LogP contribution in [0.3, 0.4) is 0 Å². The Bertz CT molecular complexity index is 444. The largest absolute Gasteiger partial charge is 0.383 e. The lowest BCUT2D eigenvalue weighted by molar-refractivity contribution is 0.0896. The van der Waals surface area contributed by atoms with Gasteiger partial charge in [0.25, 0.3) is 5.91 Å². The summed E-state index contributed by atoms with van der Waals surface area (Å²) in [5, 5.41) is 3.74. The summed E-state index contributed by atoms with van der Waals surface area (Å²) in [5.74, 6) is 0.125. The number of amides is 1. The second-order valence-corrected chi connectivity index (χ2v) is 6.02. The molecule has 120 valence electrons. The minimum absolute atomic E-state index is 0.00539. The standard InChI is InChI=1S/C14H26N4O2S/c1-5-7-10(9-20-4)16-13(19)11-12(15)17-14(21-11)18(3)8-6-2/h10H,5-9,15H2,1-4H3,(H,16,19). The van der Waals surface area contributed by atoms with E-state index in [0.717, 1.165) is 30.9 Å². The third-order valence-corrected chi connectivity index (χ3v) is 4.26. The first-order valence-corrected chi connectivity index (χ1v) is 8.12. The molecule has 0 aliphatic carbocycles. The molecule has 1 unspecified atom stereocenters. The molecule has 0 aliphatic rings. The lowest BCUT2D eigenvalue weighted by atomic mass is 10.2. The Morgan fingerprint density at radius 1 is 1.48 bits per heavy atom. The zero-order valence-corrected chi connectivity index (χ0v) is 14.1. The van der Waals surface area contributed by atoms with Gasteiger partial charge in [0.05, 0.1) is 12.6 Å². The highest BCUT2D eigenvalue weighted by molar-refractivity contribution is 7.18. The maximum atomic E-state index is 12.3. The second-order valence-electron chi connectivity index (χ2n) is 5.05. The molecule has 7 heteroatoms. The summed E-state index contributed by atoms with van der Waals surface area (Å²) in [4.78, 5) is 19.1. The number of carbonyl (C=O) groups is 1. The van der Waals surface area contributed by atoms with Crippen LogP contribution in [0.4, 0.5) is 10.9 Å². The van der Waals surface area contributed by atoms with Crippen molar-refractivity contribution in [1.29, 1.82) is 0 Å². The Balaban J connectivity index is 2.77. The predicted octanol–water partition coefficient (Wildman–Crippen LogP) is 2.12. The van der Waals surface area contributed by atoms with Gasteiger partial charge in [0.15, 0.2) is 5.13 Å². The van der Waals surface area contributed by atoms with Gasteiger partial charge in [0.1, 0.15) is 10.7 Å². The molecule has 1 heterocycles. The van der Waals surface area contributed by atoms with E-state index < -0.39 is 0 Å². The van der Waals surface area contributed by atoms with Gasteiger partial charge in [-0.05, 0) is 12.8 Å². The van der Waals surface area contributed by atoms with Crippen molar-refractivity contribution in [2.24, 2.45) is 0 Å². The topological polar surface area (TPSA) is 80.5 Å². The Morgan fingerprint density at radius 3 is 2.76 bits per heavy atom. The lowest BCUT2D eigenvalue weighted by Gasteiger charge is -2.16. The average Bonchev–Trinajstić information content (AvgIpc) is 2.82. The molecule has 3 N–H and O–H groups in total. The number of nitrogen functional groups attached to an aromatic ring is 1. The van der Waals surface area contributed by atoms with Crippen molar-refractivity contribution >= 4 is 28.2 Å². The number of nitrogens with two attached hydrogens (primary N) is 1. The van der Waals surface area contributed by atoms with Crippen molar-refractivity contribution in [2.75, 3.05) is 37.9 Å². The summed E-state index contributed by atoms with van der Waals surface area (Å²) in [7, 11) is 3.59. The Hall–Kier alpha value is -1.34. The van der Waals surface area contributed by atoms with E-state index in [1.807, 2.05) is 11.9 Å². The van der Waals surface area contributed by atoms with Crippen molar-refractivity contribution in [3.8, 4) is 0 Å². The van der Waals surface area contributed by atoms with E-state index in [2.05, 4.69) is 24.1 Å². The molecule has 0 aromatic carbocycles. The van der Waals surface area contributed by atoms with Crippen LogP contribution in [0.1, 0.15) is 42.8 Å². The zero-order valence-electron chi connectivity index (χ0n) is 13.3. The molecular weight excluding hydrogens is 288 g/mol. The van der Waals surface area contributed by atoms with E-state index >= 15 is 0 Å². The zero-order chi connectivity index (χ0) is 15.8. The molecule has 0 saturated carbocycles. The molecule has 1 rings (SSSR count). The molecule has 1 aromatic heterocycles. The first-order valence-electron chi connectivity index (χ1n) is 7.30. The van der Waals surface area contributed by atoms with Crippen molar-refractivity contribution in [2.45, 2.75) is 39.2 Å². The van der Waals surface area contributed by atoms with Gasteiger partial charge >= 0.3 is 0 Å². The van der Waals surface area contributed by atoms with Crippen LogP contribution in [0, 0.1) is 0 Å². The van der Waals surface area contributed by atoms with E-state index in [1.54, 1.807) is 7.11 Å². The lowest BCUT2D eigenvalue weighted by Crippen LogP contribution is -2.37. The molecule has 1 atom stereocenters. The van der Waals surface area contributed by atoms with Crippen LogP contribution in [-0.2, 0) is 4.74 Å². The van der Waals surface area contributed by atoms with Gasteiger partial charge in [-0.25, -0.2) is 4.98 Å². The van der Waals surface area contributed by atoms with Crippen LogP contribution in [0.5, 0.6) is 0 Å². The van der Waals surface area contributed by atoms with Crippen LogP contribution in [0.25, 0.3) is 0 Å². The first-order chi connectivity index (χ1) is 10.0. The highest BCUT2D eigenvalue weighted by Gasteiger charge is 2.20. The van der Waals surface area contributed by atoms with Crippen molar-refractivity contribution in [3.05, 3.63) is 4.88 Å². The van der Waals surface area contributed by atoms with E-state index in [4.69, 9.17) is 10.5 Å². The Labute approximate surface area is 130 Å². The predicted molar refractivity (Wildman–Crippen MR) is 88.1 cm³/mol. The summed E-state index contributed by atoms with van der Waals surface area (Å²) in [6, 6.07) is 0.00539. The van der Waals surface area contributed by atoms with Gasteiger partial charge in [-0.2, -0.15) is 0 Å². The molecule has 0 aliphatic heterocycles. The summed E-state index contributed by atoms with van der Waals surface area (Å²) >= 11 is 1.33. The number of hydrogen-bond donors (Lipinski definition) is 2. The van der Waals surface area contributed by atoms with Crippen molar-refractivity contribution in [1.82, 2.24) is 10.3 Å². The number of nitrogens with zero attached hydrogens (tertiary/aromatic N) is 2. The summed E-state index contributed by atoms with van der Waals surface area (Å²) in [5.41, 5.74) is 5.88. The summed E-state index contributed by atoms with van der Waals surface area (Å²) < 4.78 is 5.13. The molecule has 0 fully saturated rings. The fourth-order valence-corrected chi connectivity index (χ4v) is 2.95. The highest BCUT2D eigenvalue weighted by Crippen LogP contribution is 2.27. The first kappa shape index (κ1) is 17.7. The van der Waals surface area contributed by atoms with Gasteiger partial charge in [-0.15, -0.1) is 0 Å². The minimum Gasteiger partial charge on any atom is -0.383 e. The second kappa shape index (κ2) is 8.84. The third-order valence-electron chi connectivity index (χ3n) is 3.07. The molecular formula is C14H26N4O2S. The molecule has 1 aromatic rings. The van der Waals surface area contributed by atoms with Crippen LogP contribution >= 0.6 is 11.3 Å². The van der Waals surface area contributed by atoms with Crippen molar-refractivity contribution in [3.63, 3.8) is 0 Å². The fourth-order valence-electron chi connectivity index (χ4n) is 2.07. The van der Waals surface area contributed by atoms with Crippen LogP contribution in [-0.4, -0.2) is 44.2 Å². The molecule has 0 bridgehead atoms. The average molecular weight is 314 g/mol. The molecule has 6 nitrogen and oxygen atoms in total. The number of carbonyl (C=O) groups excluding carboxylic acids is 1. The number of methoxy groups -OCH3 is 1. The quantitative estimate of drug-likeness (QED) is 0.730. The number of hydrogen-bond acceptors (Lipinski definition) is 6.